The van der Waals surface area contributed by atoms with Gasteiger partial charge >= 0.3 is 11.9 Å². The number of nitrogens with one attached hydrogen (secondary N) is 2. The Kier molecular flexibility index (Phi) is 2.26. The van der Waals surface area contributed by atoms with Gasteiger partial charge < -0.3 is 4.98 Å². The number of rotatable bonds is 1. The molecule has 0 aromatic carbocycles. The summed E-state index contributed by atoms with van der Waals surface area (Å²) < 4.78 is 35.3. The van der Waals surface area contributed by atoms with E-state index in [0.717, 1.165) is 6.20 Å². The molecule has 7 heteroatoms. The Morgan fingerprint density at radius 2 is 1.92 bits per heavy atom. The van der Waals surface area contributed by atoms with Crippen molar-refractivity contribution in [2.45, 2.75) is 12.6 Å². The number of aromatic nitrogens is 2. The highest BCUT2D eigenvalue weighted by Crippen LogP contribution is 2.18. The molecule has 1 aromatic heterocycles. The molecule has 0 atom stereocenters. The lowest BCUT2D eigenvalue weighted by molar-refractivity contribution is -0.127. The topological polar surface area (TPSA) is 65.7 Å². The third-order valence-electron chi connectivity index (χ3n) is 1.29. The van der Waals surface area contributed by atoms with E-state index >= 15 is 0 Å². The predicted molar refractivity (Wildman–Crippen MR) is 37.4 cm³/mol. The lowest BCUT2D eigenvalue weighted by atomic mass is 10.2. The first-order chi connectivity index (χ1) is 5.88. The number of alkyl halides is 3. The summed E-state index contributed by atoms with van der Waals surface area (Å²) in [5, 5.41) is 0. The van der Waals surface area contributed by atoms with Gasteiger partial charge in [-0.05, 0) is 0 Å². The summed E-state index contributed by atoms with van der Waals surface area (Å²) in [6, 6.07) is 0. The van der Waals surface area contributed by atoms with Crippen molar-refractivity contribution in [3.05, 3.63) is 32.6 Å². The van der Waals surface area contributed by atoms with Crippen LogP contribution in [-0.2, 0) is 6.42 Å². The average molecular weight is 194 g/mol. The van der Waals surface area contributed by atoms with Crippen molar-refractivity contribution in [2.24, 2.45) is 0 Å². The Morgan fingerprint density at radius 3 is 2.38 bits per heavy atom. The lowest BCUT2D eigenvalue weighted by Crippen LogP contribution is -2.27. The van der Waals surface area contributed by atoms with E-state index in [-0.39, 0.29) is 0 Å². The summed E-state index contributed by atoms with van der Waals surface area (Å²) in [5.74, 6) is 0. The van der Waals surface area contributed by atoms with Crippen LogP contribution in [0.2, 0.25) is 0 Å². The minimum atomic E-state index is -4.45. The second-order valence-corrected chi connectivity index (χ2v) is 2.39. The fraction of sp³-hybridized carbons (Fsp3) is 0.333. The SMILES string of the molecule is O=c1[nH]cc(CC(F)(F)F)c(=O)[nH]1. The van der Waals surface area contributed by atoms with Crippen molar-refractivity contribution in [2.75, 3.05) is 0 Å². The molecule has 0 radical (unpaired) electrons. The van der Waals surface area contributed by atoms with Gasteiger partial charge in [0.25, 0.3) is 5.56 Å². The highest BCUT2D eigenvalue weighted by molar-refractivity contribution is 5.04. The molecule has 72 valence electrons. The third-order valence-corrected chi connectivity index (χ3v) is 1.29. The number of hydrogen-bond donors (Lipinski definition) is 2. The molecular formula is C6H5F3N2O2. The van der Waals surface area contributed by atoms with Crippen LogP contribution in [-0.4, -0.2) is 16.1 Å². The minimum absolute atomic E-state index is 0.507. The van der Waals surface area contributed by atoms with Gasteiger partial charge in [0.05, 0.1) is 6.42 Å². The molecule has 0 aliphatic rings. The van der Waals surface area contributed by atoms with E-state index in [9.17, 15) is 22.8 Å². The monoisotopic (exact) mass is 194 g/mol. The summed E-state index contributed by atoms with van der Waals surface area (Å²) >= 11 is 0. The van der Waals surface area contributed by atoms with Gasteiger partial charge in [-0.3, -0.25) is 9.78 Å². The first-order valence-electron chi connectivity index (χ1n) is 3.26. The molecule has 0 bridgehead atoms. The van der Waals surface area contributed by atoms with Crippen molar-refractivity contribution >= 4 is 0 Å². The van der Waals surface area contributed by atoms with E-state index in [1.54, 1.807) is 4.98 Å². The molecule has 0 amide bonds. The Labute approximate surface area is 69.4 Å². The Morgan fingerprint density at radius 1 is 1.31 bits per heavy atom. The van der Waals surface area contributed by atoms with Gasteiger partial charge in [-0.15, -0.1) is 0 Å². The van der Waals surface area contributed by atoms with Crippen LogP contribution in [0.15, 0.2) is 15.8 Å². The molecule has 0 fully saturated rings. The summed E-state index contributed by atoms with van der Waals surface area (Å²) in [6.45, 7) is 0. The highest BCUT2D eigenvalue weighted by Gasteiger charge is 2.29. The summed E-state index contributed by atoms with van der Waals surface area (Å²) in [5.41, 5.74) is -2.34. The normalized spacial score (nSPS) is 11.6. The van der Waals surface area contributed by atoms with Gasteiger partial charge in [0.2, 0.25) is 0 Å². The van der Waals surface area contributed by atoms with Crippen LogP contribution >= 0.6 is 0 Å². The summed E-state index contributed by atoms with van der Waals surface area (Å²) in [4.78, 5) is 24.8. The van der Waals surface area contributed by atoms with Crippen LogP contribution in [0, 0.1) is 0 Å². The molecule has 0 saturated heterocycles. The lowest BCUT2D eigenvalue weighted by Gasteiger charge is -2.03. The molecule has 0 aliphatic heterocycles. The molecule has 1 rings (SSSR count). The van der Waals surface area contributed by atoms with E-state index in [1.165, 1.54) is 0 Å². The second-order valence-electron chi connectivity index (χ2n) is 2.39. The van der Waals surface area contributed by atoms with Gasteiger partial charge in [-0.2, -0.15) is 13.2 Å². The van der Waals surface area contributed by atoms with Crippen LogP contribution in [0.25, 0.3) is 0 Å². The molecular weight excluding hydrogens is 189 g/mol. The fourth-order valence-corrected chi connectivity index (χ4v) is 0.785. The van der Waals surface area contributed by atoms with Gasteiger partial charge in [-0.25, -0.2) is 4.79 Å². The van der Waals surface area contributed by atoms with Gasteiger partial charge in [0, 0.05) is 11.8 Å². The second kappa shape index (κ2) is 3.08. The van der Waals surface area contributed by atoms with Crippen LogP contribution in [0.4, 0.5) is 13.2 Å². The van der Waals surface area contributed by atoms with Crippen LogP contribution in [0.3, 0.4) is 0 Å². The molecule has 0 unspecified atom stereocenters. The smallest absolute Gasteiger partial charge is 0.314 e. The van der Waals surface area contributed by atoms with Crippen molar-refractivity contribution in [3.8, 4) is 0 Å². The van der Waals surface area contributed by atoms with Crippen LogP contribution in [0.5, 0.6) is 0 Å². The van der Waals surface area contributed by atoms with Crippen LogP contribution < -0.4 is 11.2 Å². The van der Waals surface area contributed by atoms with E-state index in [2.05, 4.69) is 0 Å². The Bertz CT molecular complexity index is 403. The molecule has 0 spiro atoms. The summed E-state index contributed by atoms with van der Waals surface area (Å²) in [7, 11) is 0. The molecule has 4 nitrogen and oxygen atoms in total. The van der Waals surface area contributed by atoms with E-state index < -0.39 is 29.4 Å². The molecule has 2 N–H and O–H groups in total. The first kappa shape index (κ1) is 9.56. The highest BCUT2D eigenvalue weighted by atomic mass is 19.4. The van der Waals surface area contributed by atoms with E-state index in [4.69, 9.17) is 0 Å². The van der Waals surface area contributed by atoms with Gasteiger partial charge in [0.15, 0.2) is 0 Å². The van der Waals surface area contributed by atoms with Gasteiger partial charge in [0.1, 0.15) is 0 Å². The van der Waals surface area contributed by atoms with Crippen molar-refractivity contribution in [3.63, 3.8) is 0 Å². The van der Waals surface area contributed by atoms with Gasteiger partial charge in [-0.1, -0.05) is 0 Å². The summed E-state index contributed by atoms with van der Waals surface area (Å²) in [6.07, 6.45) is -5.04. The maximum atomic E-state index is 11.8. The Hall–Kier alpha value is -1.53. The molecule has 1 aromatic rings. The first-order valence-corrected chi connectivity index (χ1v) is 3.26. The minimum Gasteiger partial charge on any atom is -0.314 e. The molecule has 1 heterocycles. The predicted octanol–water partition coefficient (Wildman–Crippen LogP) is 0.168. The van der Waals surface area contributed by atoms with E-state index in [1.807, 2.05) is 4.98 Å². The molecule has 13 heavy (non-hydrogen) atoms. The zero-order valence-electron chi connectivity index (χ0n) is 6.23. The zero-order valence-corrected chi connectivity index (χ0v) is 6.23. The van der Waals surface area contributed by atoms with Crippen molar-refractivity contribution < 1.29 is 13.2 Å². The zero-order chi connectivity index (χ0) is 10.1. The maximum absolute atomic E-state index is 11.8. The third kappa shape index (κ3) is 2.77. The molecule has 0 aliphatic carbocycles. The molecule has 0 saturated carbocycles. The van der Waals surface area contributed by atoms with Crippen molar-refractivity contribution in [1.82, 2.24) is 9.97 Å². The quantitative estimate of drug-likeness (QED) is 0.669. The fourth-order valence-electron chi connectivity index (χ4n) is 0.785. The number of hydrogen-bond acceptors (Lipinski definition) is 2. The Balaban J connectivity index is 3.04. The van der Waals surface area contributed by atoms with E-state index in [0.29, 0.717) is 0 Å². The number of H-pyrrole nitrogens is 2. The number of aromatic amines is 2. The standard InChI is InChI=1S/C6H5F3N2O2/c7-6(8,9)1-3-2-10-5(13)11-4(3)12/h2H,1H2,(H2,10,11,12,13). The number of halogens is 3. The average Bonchev–Trinajstić information content (AvgIpc) is 1.93. The maximum Gasteiger partial charge on any atom is 0.393 e. The largest absolute Gasteiger partial charge is 0.393 e. The van der Waals surface area contributed by atoms with Crippen molar-refractivity contribution in [1.29, 1.82) is 0 Å². The van der Waals surface area contributed by atoms with Crippen LogP contribution in [0.1, 0.15) is 5.56 Å².